The van der Waals surface area contributed by atoms with Crippen LogP contribution in [0.25, 0.3) is 0 Å². The SMILES string of the molecule is Cc1cccc(C(=O)N2CCC3(CCCCC3)CC2)c1Br. The Balaban J connectivity index is 1.69. The number of aryl methyl sites for hydroxylation is 1. The van der Waals surface area contributed by atoms with Gasteiger partial charge < -0.3 is 4.90 Å². The van der Waals surface area contributed by atoms with Crippen molar-refractivity contribution in [1.29, 1.82) is 0 Å². The third-order valence-electron chi connectivity index (χ3n) is 5.45. The number of hydrogen-bond donors (Lipinski definition) is 0. The van der Waals surface area contributed by atoms with Crippen molar-refractivity contribution >= 4 is 21.8 Å². The molecule has 1 heterocycles. The number of carbonyl (C=O) groups excluding carboxylic acids is 1. The molecular formula is C18H24BrNO. The lowest BCUT2D eigenvalue weighted by atomic mass is 9.68. The fourth-order valence-electron chi connectivity index (χ4n) is 3.97. The van der Waals surface area contributed by atoms with Crippen LogP contribution in [-0.2, 0) is 0 Å². The third kappa shape index (κ3) is 3.03. The number of likely N-dealkylation sites (tertiary alicyclic amines) is 1. The average molecular weight is 350 g/mol. The Morgan fingerprint density at radius 3 is 2.43 bits per heavy atom. The Morgan fingerprint density at radius 1 is 1.10 bits per heavy atom. The van der Waals surface area contributed by atoms with Gasteiger partial charge in [0.2, 0.25) is 0 Å². The van der Waals surface area contributed by atoms with Crippen LogP contribution in [0.2, 0.25) is 0 Å². The second-order valence-electron chi connectivity index (χ2n) is 6.79. The summed E-state index contributed by atoms with van der Waals surface area (Å²) in [6.07, 6.45) is 9.33. The highest BCUT2D eigenvalue weighted by Gasteiger charge is 2.36. The minimum absolute atomic E-state index is 0.191. The molecule has 1 aromatic carbocycles. The lowest BCUT2D eigenvalue weighted by Crippen LogP contribution is -2.44. The van der Waals surface area contributed by atoms with Crippen LogP contribution < -0.4 is 0 Å². The maximum Gasteiger partial charge on any atom is 0.255 e. The highest BCUT2D eigenvalue weighted by atomic mass is 79.9. The van der Waals surface area contributed by atoms with Crippen molar-refractivity contribution in [2.24, 2.45) is 5.41 Å². The lowest BCUT2D eigenvalue weighted by Gasteiger charge is -2.44. The monoisotopic (exact) mass is 349 g/mol. The van der Waals surface area contributed by atoms with Gasteiger partial charge in [-0.3, -0.25) is 4.79 Å². The molecule has 21 heavy (non-hydrogen) atoms. The smallest absolute Gasteiger partial charge is 0.255 e. The van der Waals surface area contributed by atoms with Gasteiger partial charge in [0.1, 0.15) is 0 Å². The highest BCUT2D eigenvalue weighted by molar-refractivity contribution is 9.10. The predicted molar refractivity (Wildman–Crippen MR) is 89.5 cm³/mol. The summed E-state index contributed by atoms with van der Waals surface area (Å²) in [5.74, 6) is 0.191. The second-order valence-corrected chi connectivity index (χ2v) is 7.58. The molecule has 0 N–H and O–H groups in total. The van der Waals surface area contributed by atoms with E-state index in [4.69, 9.17) is 0 Å². The van der Waals surface area contributed by atoms with Crippen molar-refractivity contribution < 1.29 is 4.79 Å². The van der Waals surface area contributed by atoms with E-state index in [1.54, 1.807) is 0 Å². The van der Waals surface area contributed by atoms with E-state index in [2.05, 4.69) is 20.8 Å². The lowest BCUT2D eigenvalue weighted by molar-refractivity contribution is 0.0471. The predicted octanol–water partition coefficient (Wildman–Crippen LogP) is 4.94. The number of carbonyl (C=O) groups is 1. The van der Waals surface area contributed by atoms with Crippen molar-refractivity contribution in [1.82, 2.24) is 4.90 Å². The molecule has 1 saturated carbocycles. The first-order valence-corrected chi connectivity index (χ1v) is 8.95. The van der Waals surface area contributed by atoms with Gasteiger partial charge in [0.05, 0.1) is 5.56 Å². The number of benzene rings is 1. The quantitative estimate of drug-likeness (QED) is 0.702. The van der Waals surface area contributed by atoms with Gasteiger partial charge in [-0.1, -0.05) is 31.4 Å². The van der Waals surface area contributed by atoms with Gasteiger partial charge in [-0.25, -0.2) is 0 Å². The molecule has 1 aliphatic heterocycles. The molecule has 3 rings (SSSR count). The molecule has 0 unspecified atom stereocenters. The summed E-state index contributed by atoms with van der Waals surface area (Å²) in [7, 11) is 0. The van der Waals surface area contributed by atoms with E-state index < -0.39 is 0 Å². The summed E-state index contributed by atoms with van der Waals surface area (Å²) in [5, 5.41) is 0. The van der Waals surface area contributed by atoms with E-state index in [9.17, 15) is 4.79 Å². The molecule has 1 amide bonds. The van der Waals surface area contributed by atoms with Crippen LogP contribution in [0.4, 0.5) is 0 Å². The van der Waals surface area contributed by atoms with E-state index in [0.717, 1.165) is 28.7 Å². The summed E-state index contributed by atoms with van der Waals surface area (Å²) in [5.41, 5.74) is 2.50. The Hall–Kier alpha value is -0.830. The zero-order valence-electron chi connectivity index (χ0n) is 12.8. The molecule has 1 saturated heterocycles. The van der Waals surface area contributed by atoms with Crippen molar-refractivity contribution in [3.05, 3.63) is 33.8 Å². The maximum atomic E-state index is 12.7. The number of amides is 1. The van der Waals surface area contributed by atoms with Gasteiger partial charge in [0.15, 0.2) is 0 Å². The summed E-state index contributed by atoms with van der Waals surface area (Å²) >= 11 is 3.57. The normalized spacial score (nSPS) is 21.5. The molecule has 114 valence electrons. The van der Waals surface area contributed by atoms with Crippen molar-refractivity contribution in [2.45, 2.75) is 51.9 Å². The van der Waals surface area contributed by atoms with Gasteiger partial charge in [0, 0.05) is 17.6 Å². The fourth-order valence-corrected chi connectivity index (χ4v) is 4.40. The van der Waals surface area contributed by atoms with E-state index >= 15 is 0 Å². The van der Waals surface area contributed by atoms with Crippen molar-refractivity contribution in [3.63, 3.8) is 0 Å². The minimum Gasteiger partial charge on any atom is -0.339 e. The summed E-state index contributed by atoms with van der Waals surface area (Å²) < 4.78 is 0.952. The molecule has 0 atom stereocenters. The Morgan fingerprint density at radius 2 is 1.76 bits per heavy atom. The average Bonchev–Trinajstić information content (AvgIpc) is 2.51. The largest absolute Gasteiger partial charge is 0.339 e. The molecule has 0 radical (unpaired) electrons. The van der Waals surface area contributed by atoms with Gasteiger partial charge in [-0.15, -0.1) is 0 Å². The van der Waals surface area contributed by atoms with E-state index in [0.29, 0.717) is 5.41 Å². The molecule has 1 spiro atoms. The number of piperidine rings is 1. The van der Waals surface area contributed by atoms with E-state index in [1.807, 2.05) is 25.1 Å². The van der Waals surface area contributed by atoms with Crippen LogP contribution in [0.15, 0.2) is 22.7 Å². The Kier molecular flexibility index (Phi) is 4.39. The standard InChI is InChI=1S/C18H24BrNO/c1-14-6-5-7-15(16(14)19)17(21)20-12-10-18(11-13-20)8-3-2-4-9-18/h5-7H,2-4,8-13H2,1H3. The molecule has 0 bridgehead atoms. The Labute approximate surface area is 136 Å². The zero-order valence-corrected chi connectivity index (χ0v) is 14.4. The zero-order chi connectivity index (χ0) is 14.9. The molecule has 1 aliphatic carbocycles. The fraction of sp³-hybridized carbons (Fsp3) is 0.611. The first-order valence-electron chi connectivity index (χ1n) is 8.16. The first-order chi connectivity index (χ1) is 10.1. The number of hydrogen-bond acceptors (Lipinski definition) is 1. The molecule has 2 nitrogen and oxygen atoms in total. The van der Waals surface area contributed by atoms with Crippen LogP contribution in [0, 0.1) is 12.3 Å². The second kappa shape index (κ2) is 6.12. The first kappa shape index (κ1) is 15.1. The summed E-state index contributed by atoms with van der Waals surface area (Å²) in [4.78, 5) is 14.8. The topological polar surface area (TPSA) is 20.3 Å². The molecule has 1 aromatic rings. The van der Waals surface area contributed by atoms with Crippen LogP contribution in [0.1, 0.15) is 60.9 Å². The highest BCUT2D eigenvalue weighted by Crippen LogP contribution is 2.44. The van der Waals surface area contributed by atoms with E-state index in [-0.39, 0.29) is 5.91 Å². The van der Waals surface area contributed by atoms with Gasteiger partial charge in [0.25, 0.3) is 5.91 Å². The molecule has 2 fully saturated rings. The van der Waals surface area contributed by atoms with Crippen molar-refractivity contribution in [3.8, 4) is 0 Å². The molecular weight excluding hydrogens is 326 g/mol. The van der Waals surface area contributed by atoms with Gasteiger partial charge in [-0.2, -0.15) is 0 Å². The number of nitrogens with zero attached hydrogens (tertiary/aromatic N) is 1. The minimum atomic E-state index is 0.191. The van der Waals surface area contributed by atoms with Crippen LogP contribution >= 0.6 is 15.9 Å². The molecule has 2 aliphatic rings. The van der Waals surface area contributed by atoms with Crippen molar-refractivity contribution in [2.75, 3.05) is 13.1 Å². The molecule has 0 aromatic heterocycles. The van der Waals surface area contributed by atoms with E-state index in [1.165, 1.54) is 44.9 Å². The Bertz CT molecular complexity index is 524. The number of rotatable bonds is 1. The summed E-state index contributed by atoms with van der Waals surface area (Å²) in [6, 6.07) is 5.94. The third-order valence-corrected chi connectivity index (χ3v) is 6.50. The summed E-state index contributed by atoms with van der Waals surface area (Å²) in [6.45, 7) is 3.90. The van der Waals surface area contributed by atoms with Crippen LogP contribution in [0.5, 0.6) is 0 Å². The van der Waals surface area contributed by atoms with Crippen LogP contribution in [0.3, 0.4) is 0 Å². The maximum absolute atomic E-state index is 12.7. The number of halogens is 1. The van der Waals surface area contributed by atoms with Crippen LogP contribution in [-0.4, -0.2) is 23.9 Å². The molecule has 3 heteroatoms. The van der Waals surface area contributed by atoms with Gasteiger partial charge >= 0.3 is 0 Å². The van der Waals surface area contributed by atoms with Gasteiger partial charge in [-0.05, 0) is 65.6 Å².